The van der Waals surface area contributed by atoms with E-state index in [1.165, 1.54) is 6.07 Å². The number of hydrogen-bond donors (Lipinski definition) is 2. The number of rotatable bonds is 3. The third-order valence-corrected chi connectivity index (χ3v) is 4.96. The minimum atomic E-state index is -0.218. The predicted molar refractivity (Wildman–Crippen MR) is 103 cm³/mol. The Morgan fingerprint density at radius 1 is 1.38 bits per heavy atom. The molecular weight excluding hydrogens is 329 g/mol. The van der Waals surface area contributed by atoms with Crippen molar-refractivity contribution < 1.29 is 9.18 Å². The van der Waals surface area contributed by atoms with E-state index in [1.54, 1.807) is 12.3 Å². The third kappa shape index (κ3) is 4.67. The summed E-state index contributed by atoms with van der Waals surface area (Å²) in [6, 6.07) is 5.08. The summed E-state index contributed by atoms with van der Waals surface area (Å²) >= 11 is 0. The van der Waals surface area contributed by atoms with E-state index in [1.807, 2.05) is 25.1 Å². The van der Waals surface area contributed by atoms with E-state index < -0.39 is 0 Å². The molecule has 0 spiro atoms. The largest absolute Gasteiger partial charge is 0.348 e. The van der Waals surface area contributed by atoms with Crippen LogP contribution in [0.2, 0.25) is 0 Å². The van der Waals surface area contributed by atoms with Crippen LogP contribution >= 0.6 is 0 Å². The van der Waals surface area contributed by atoms with Crippen LogP contribution in [-0.2, 0) is 4.79 Å². The highest BCUT2D eigenvalue weighted by molar-refractivity contribution is 5.95. The smallest absolute Gasteiger partial charge is 0.269 e. The van der Waals surface area contributed by atoms with Crippen LogP contribution in [-0.4, -0.2) is 24.7 Å². The molecule has 1 aromatic rings. The lowest BCUT2D eigenvalue weighted by Crippen LogP contribution is -2.44. The van der Waals surface area contributed by atoms with Crippen molar-refractivity contribution in [1.29, 1.82) is 0 Å². The van der Waals surface area contributed by atoms with E-state index in [4.69, 9.17) is 0 Å². The molecule has 0 bridgehead atoms. The van der Waals surface area contributed by atoms with Gasteiger partial charge in [0.2, 0.25) is 0 Å². The average molecular weight is 355 g/mol. The Balaban J connectivity index is 1.67. The van der Waals surface area contributed by atoms with Gasteiger partial charge in [-0.1, -0.05) is 19.1 Å². The maximum atomic E-state index is 13.4. The molecule has 1 unspecified atom stereocenters. The monoisotopic (exact) mass is 355 g/mol. The zero-order valence-corrected chi connectivity index (χ0v) is 15.3. The summed E-state index contributed by atoms with van der Waals surface area (Å²) in [6.07, 6.45) is 10.1. The molecule has 2 aliphatic rings. The number of allylic oxidation sites excluding steroid dienone is 3. The molecular formula is C21H26FN3O. The van der Waals surface area contributed by atoms with Crippen LogP contribution in [0.15, 0.2) is 47.1 Å². The predicted octanol–water partition coefficient (Wildman–Crippen LogP) is 3.59. The van der Waals surface area contributed by atoms with E-state index >= 15 is 0 Å². The number of nitrogens with one attached hydrogen (secondary N) is 2. The summed E-state index contributed by atoms with van der Waals surface area (Å²) in [5, 5.41) is 6.61. The fourth-order valence-electron chi connectivity index (χ4n) is 3.57. The van der Waals surface area contributed by atoms with Crippen molar-refractivity contribution >= 4 is 12.1 Å². The van der Waals surface area contributed by atoms with Crippen molar-refractivity contribution in [1.82, 2.24) is 10.6 Å². The molecule has 5 heteroatoms. The normalized spacial score (nSPS) is 30.4. The van der Waals surface area contributed by atoms with Gasteiger partial charge in [0.05, 0.1) is 0 Å². The summed E-state index contributed by atoms with van der Waals surface area (Å²) in [6.45, 7) is 4.81. The molecule has 0 aliphatic carbocycles. The number of nitrogens with zero attached hydrogens (tertiary/aromatic N) is 1. The molecule has 4 nitrogen and oxygen atoms in total. The summed E-state index contributed by atoms with van der Waals surface area (Å²) in [5.41, 5.74) is 2.50. The Bertz CT molecular complexity index is 754. The minimum absolute atomic E-state index is 0.0746. The topological polar surface area (TPSA) is 53.5 Å². The lowest BCUT2D eigenvalue weighted by atomic mass is 9.91. The molecule has 3 atom stereocenters. The highest BCUT2D eigenvalue weighted by Crippen LogP contribution is 2.26. The Labute approximate surface area is 154 Å². The number of piperidine rings is 1. The molecule has 26 heavy (non-hydrogen) atoms. The van der Waals surface area contributed by atoms with Crippen LogP contribution in [0.3, 0.4) is 0 Å². The molecule has 2 aliphatic heterocycles. The van der Waals surface area contributed by atoms with E-state index in [9.17, 15) is 9.18 Å². The molecule has 3 rings (SSSR count). The number of hydrogen-bond acceptors (Lipinski definition) is 3. The summed E-state index contributed by atoms with van der Waals surface area (Å²) in [5.74, 6) is -0.0545. The maximum Gasteiger partial charge on any atom is 0.269 e. The summed E-state index contributed by atoms with van der Waals surface area (Å²) in [7, 11) is 0. The lowest BCUT2D eigenvalue weighted by Gasteiger charge is -2.32. The molecule has 0 radical (unpaired) electrons. The van der Waals surface area contributed by atoms with Gasteiger partial charge in [0.15, 0.2) is 0 Å². The van der Waals surface area contributed by atoms with Crippen molar-refractivity contribution in [3.63, 3.8) is 0 Å². The van der Waals surface area contributed by atoms with Crippen molar-refractivity contribution in [2.75, 3.05) is 6.54 Å². The molecule has 2 heterocycles. The quantitative estimate of drug-likeness (QED) is 0.870. The second-order valence-corrected chi connectivity index (χ2v) is 7.17. The van der Waals surface area contributed by atoms with Gasteiger partial charge in [0.25, 0.3) is 5.91 Å². The number of amides is 1. The van der Waals surface area contributed by atoms with Gasteiger partial charge in [-0.15, -0.1) is 0 Å². The van der Waals surface area contributed by atoms with Crippen molar-refractivity contribution in [3.8, 4) is 0 Å². The number of carbonyl (C=O) groups is 1. The lowest BCUT2D eigenvalue weighted by molar-refractivity contribution is -0.118. The van der Waals surface area contributed by atoms with Gasteiger partial charge < -0.3 is 10.6 Å². The van der Waals surface area contributed by atoms with Crippen LogP contribution in [0.5, 0.6) is 0 Å². The van der Waals surface area contributed by atoms with Crippen molar-refractivity contribution in [2.45, 2.75) is 45.2 Å². The average Bonchev–Trinajstić information content (AvgIpc) is 2.58. The number of halogens is 1. The van der Waals surface area contributed by atoms with Crippen molar-refractivity contribution in [3.05, 3.63) is 59.1 Å². The van der Waals surface area contributed by atoms with Crippen LogP contribution in [0.4, 0.5) is 4.39 Å². The van der Waals surface area contributed by atoms with Crippen LogP contribution in [0.1, 0.15) is 43.4 Å². The summed E-state index contributed by atoms with van der Waals surface area (Å²) in [4.78, 5) is 16.9. The highest BCUT2D eigenvalue weighted by Gasteiger charge is 2.26. The van der Waals surface area contributed by atoms with E-state index in [0.717, 1.165) is 36.9 Å². The van der Waals surface area contributed by atoms with Gasteiger partial charge in [-0.2, -0.15) is 0 Å². The van der Waals surface area contributed by atoms with Gasteiger partial charge >= 0.3 is 0 Å². The Morgan fingerprint density at radius 2 is 2.23 bits per heavy atom. The molecule has 1 amide bonds. The Hall–Kier alpha value is -2.27. The molecule has 1 saturated heterocycles. The zero-order chi connectivity index (χ0) is 18.5. The molecule has 1 fully saturated rings. The van der Waals surface area contributed by atoms with Crippen LogP contribution in [0.25, 0.3) is 0 Å². The zero-order valence-electron chi connectivity index (χ0n) is 15.3. The van der Waals surface area contributed by atoms with E-state index in [0.29, 0.717) is 5.70 Å². The first-order chi connectivity index (χ1) is 12.5. The summed E-state index contributed by atoms with van der Waals surface area (Å²) < 4.78 is 13.4. The van der Waals surface area contributed by atoms with E-state index in [2.05, 4.69) is 28.6 Å². The van der Waals surface area contributed by atoms with Gasteiger partial charge in [-0.05, 0) is 74.1 Å². The SMILES string of the molecule is Cc1cc(F)ccc1[C@H]1C[C@H](NC(=O)C2=C/C(C)C/C=C/C=N\2)CCN1. The van der Waals surface area contributed by atoms with Gasteiger partial charge in [-0.25, -0.2) is 4.39 Å². The first-order valence-electron chi connectivity index (χ1n) is 9.24. The maximum absolute atomic E-state index is 13.4. The number of aryl methyl sites for hydroxylation is 1. The van der Waals surface area contributed by atoms with Crippen LogP contribution in [0, 0.1) is 18.7 Å². The Kier molecular flexibility index (Phi) is 5.99. The van der Waals surface area contributed by atoms with Crippen LogP contribution < -0.4 is 10.6 Å². The number of benzene rings is 1. The van der Waals surface area contributed by atoms with Gasteiger partial charge in [0.1, 0.15) is 11.5 Å². The van der Waals surface area contributed by atoms with Crippen molar-refractivity contribution in [2.24, 2.45) is 10.9 Å². The fraction of sp³-hybridized carbons (Fsp3) is 0.429. The number of carbonyl (C=O) groups excluding carboxylic acids is 1. The highest BCUT2D eigenvalue weighted by atomic mass is 19.1. The number of aliphatic imine (C=N–C) groups is 1. The van der Waals surface area contributed by atoms with Gasteiger partial charge in [0, 0.05) is 18.3 Å². The fourth-order valence-corrected chi connectivity index (χ4v) is 3.57. The third-order valence-electron chi connectivity index (χ3n) is 4.96. The standard InChI is InChI=1S/C21H26FN3O/c1-14-5-3-4-9-23-20(11-14)21(26)25-17-8-10-24-19(13-17)18-7-6-16(22)12-15(18)2/h3-4,6-7,9,11-12,14,17,19,24H,5,8,10,13H2,1-2H3,(H,25,26)/b4-3+,20-11-,23-9-/t14?,17-,19-/m1/s1. The first-order valence-corrected chi connectivity index (χ1v) is 9.24. The second kappa shape index (κ2) is 8.41. The van der Waals surface area contributed by atoms with E-state index in [-0.39, 0.29) is 29.7 Å². The van der Waals surface area contributed by atoms with Gasteiger partial charge in [-0.3, -0.25) is 9.79 Å². The minimum Gasteiger partial charge on any atom is -0.348 e. The second-order valence-electron chi connectivity index (χ2n) is 7.17. The molecule has 2 N–H and O–H groups in total. The Morgan fingerprint density at radius 3 is 3.04 bits per heavy atom. The first kappa shape index (κ1) is 18.5. The molecule has 0 saturated carbocycles. The molecule has 138 valence electrons. The molecule has 0 aromatic heterocycles. The molecule has 1 aromatic carbocycles.